The molecule has 1 saturated heterocycles. The third-order valence-electron chi connectivity index (χ3n) is 5.41. The summed E-state index contributed by atoms with van der Waals surface area (Å²) in [5, 5.41) is 13.3. The second kappa shape index (κ2) is 12.2. The summed E-state index contributed by atoms with van der Waals surface area (Å²) >= 11 is 1.16. The number of carbonyl (C=O) groups excluding carboxylic acids is 4. The van der Waals surface area contributed by atoms with Gasteiger partial charge in [-0.25, -0.2) is 4.79 Å². The number of hydrogen-bond acceptors (Lipinski definition) is 8. The lowest BCUT2D eigenvalue weighted by molar-refractivity contribution is -0.126. The predicted molar refractivity (Wildman–Crippen MR) is 120 cm³/mol. The number of urea groups is 1. The standard InChI is InChI=1S/C20H29N5O5S.ClH/c1-12(2)10-14(22-17(28)13-6-4-3-5-7-13)16(27)18-23-24-20(30-18)31-9-8-25-15(26)11-21-19(25)29;/h12-14H,3-11H2,1-2H3,(H,21,29)(H,22,28);1H/t14-;/m0./s1. The number of nitrogens with zero attached hydrogens (tertiary/aromatic N) is 3. The van der Waals surface area contributed by atoms with Crippen molar-refractivity contribution >= 4 is 47.8 Å². The highest BCUT2D eigenvalue weighted by atomic mass is 35.5. The summed E-state index contributed by atoms with van der Waals surface area (Å²) in [6.07, 6.45) is 5.41. The zero-order valence-corrected chi connectivity index (χ0v) is 19.9. The van der Waals surface area contributed by atoms with E-state index < -0.39 is 17.9 Å². The van der Waals surface area contributed by atoms with E-state index in [1.165, 1.54) is 0 Å². The van der Waals surface area contributed by atoms with Gasteiger partial charge in [-0.2, -0.15) is 0 Å². The molecular weight excluding hydrogens is 458 g/mol. The number of nitrogens with one attached hydrogen (secondary N) is 2. The van der Waals surface area contributed by atoms with Crippen molar-refractivity contribution in [3.63, 3.8) is 0 Å². The minimum Gasteiger partial charge on any atom is -0.408 e. The molecule has 1 aromatic rings. The van der Waals surface area contributed by atoms with Crippen molar-refractivity contribution in [3.05, 3.63) is 5.89 Å². The van der Waals surface area contributed by atoms with Crippen LogP contribution in [0.25, 0.3) is 0 Å². The second-order valence-electron chi connectivity index (χ2n) is 8.32. The number of rotatable bonds is 10. The van der Waals surface area contributed by atoms with Crippen molar-refractivity contribution in [1.82, 2.24) is 25.7 Å². The summed E-state index contributed by atoms with van der Waals surface area (Å²) in [5.41, 5.74) is 0. The topological polar surface area (TPSA) is 134 Å². The molecule has 12 heteroatoms. The van der Waals surface area contributed by atoms with Crippen LogP contribution in [0.5, 0.6) is 0 Å². The van der Waals surface area contributed by atoms with E-state index in [0.29, 0.717) is 12.2 Å². The Morgan fingerprint density at radius 3 is 2.56 bits per heavy atom. The average Bonchev–Trinajstić information content (AvgIpc) is 3.35. The molecule has 2 heterocycles. The molecule has 1 aliphatic carbocycles. The molecule has 3 rings (SSSR count). The number of aromatic nitrogens is 2. The van der Waals surface area contributed by atoms with Crippen molar-refractivity contribution < 1.29 is 23.6 Å². The SMILES string of the molecule is CC(C)C[C@H](NC(=O)C1CCCCC1)C(=O)c1nnc(SCCN2C(=O)CNC2=O)o1.Cl. The smallest absolute Gasteiger partial charge is 0.324 e. The fraction of sp³-hybridized carbons (Fsp3) is 0.700. The Bertz CT molecular complexity index is 811. The molecule has 32 heavy (non-hydrogen) atoms. The number of ketones is 1. The van der Waals surface area contributed by atoms with Crippen LogP contribution < -0.4 is 10.6 Å². The van der Waals surface area contributed by atoms with E-state index in [-0.39, 0.29) is 60.3 Å². The Morgan fingerprint density at radius 1 is 1.22 bits per heavy atom. The van der Waals surface area contributed by atoms with Gasteiger partial charge >= 0.3 is 6.03 Å². The van der Waals surface area contributed by atoms with E-state index in [1.54, 1.807) is 0 Å². The number of imide groups is 1. The fourth-order valence-corrected chi connectivity index (χ4v) is 4.46. The summed E-state index contributed by atoms with van der Waals surface area (Å²) in [4.78, 5) is 49.9. The minimum absolute atomic E-state index is 0. The number of amides is 4. The van der Waals surface area contributed by atoms with Gasteiger partial charge in [0.2, 0.25) is 17.6 Å². The Morgan fingerprint density at radius 2 is 1.94 bits per heavy atom. The molecule has 178 valence electrons. The quantitative estimate of drug-likeness (QED) is 0.292. The summed E-state index contributed by atoms with van der Waals surface area (Å²) in [6.45, 7) is 4.18. The Hall–Kier alpha value is -2.14. The molecule has 2 aliphatic rings. The maximum absolute atomic E-state index is 13.0. The molecule has 0 radical (unpaired) electrons. The van der Waals surface area contributed by atoms with Gasteiger partial charge < -0.3 is 15.1 Å². The maximum atomic E-state index is 13.0. The van der Waals surface area contributed by atoms with E-state index >= 15 is 0 Å². The number of Topliss-reactive ketones (excluding diaryl/α,β-unsaturated/α-hetero) is 1. The van der Waals surface area contributed by atoms with Gasteiger partial charge in [0.05, 0.1) is 12.6 Å². The molecule has 1 aromatic heterocycles. The van der Waals surface area contributed by atoms with Crippen molar-refractivity contribution in [3.8, 4) is 0 Å². The normalized spacial score (nSPS) is 17.8. The highest BCUT2D eigenvalue weighted by molar-refractivity contribution is 7.99. The van der Waals surface area contributed by atoms with Crippen LogP contribution in [0.3, 0.4) is 0 Å². The maximum Gasteiger partial charge on any atom is 0.324 e. The van der Waals surface area contributed by atoms with E-state index in [9.17, 15) is 19.2 Å². The molecule has 1 saturated carbocycles. The molecule has 0 aromatic carbocycles. The van der Waals surface area contributed by atoms with Gasteiger partial charge in [0, 0.05) is 18.2 Å². The van der Waals surface area contributed by atoms with Crippen LogP contribution in [0.2, 0.25) is 0 Å². The molecule has 4 amide bonds. The first kappa shape index (κ1) is 26.1. The van der Waals surface area contributed by atoms with Crippen LogP contribution in [0, 0.1) is 11.8 Å². The lowest BCUT2D eigenvalue weighted by Gasteiger charge is -2.24. The first-order valence-electron chi connectivity index (χ1n) is 10.7. The first-order chi connectivity index (χ1) is 14.8. The first-order valence-corrected chi connectivity index (χ1v) is 11.7. The largest absolute Gasteiger partial charge is 0.408 e. The predicted octanol–water partition coefficient (Wildman–Crippen LogP) is 2.43. The van der Waals surface area contributed by atoms with Crippen LogP contribution in [0.4, 0.5) is 4.79 Å². The summed E-state index contributed by atoms with van der Waals surface area (Å²) < 4.78 is 5.49. The van der Waals surface area contributed by atoms with Crippen molar-refractivity contribution in [2.24, 2.45) is 11.8 Å². The van der Waals surface area contributed by atoms with Gasteiger partial charge in [0.1, 0.15) is 0 Å². The Balaban J connectivity index is 0.00000363. The van der Waals surface area contributed by atoms with Crippen LogP contribution in [0.15, 0.2) is 9.64 Å². The van der Waals surface area contributed by atoms with Crippen LogP contribution in [0.1, 0.15) is 63.1 Å². The van der Waals surface area contributed by atoms with Crippen LogP contribution >= 0.6 is 24.2 Å². The zero-order valence-electron chi connectivity index (χ0n) is 18.3. The van der Waals surface area contributed by atoms with E-state index in [4.69, 9.17) is 4.42 Å². The molecule has 0 spiro atoms. The number of thioether (sulfide) groups is 1. The van der Waals surface area contributed by atoms with Gasteiger partial charge in [-0.05, 0) is 25.2 Å². The minimum atomic E-state index is -0.710. The van der Waals surface area contributed by atoms with Crippen LogP contribution in [-0.4, -0.2) is 63.6 Å². The third-order valence-corrected chi connectivity index (χ3v) is 6.21. The number of hydrogen-bond donors (Lipinski definition) is 2. The fourth-order valence-electron chi connectivity index (χ4n) is 3.78. The van der Waals surface area contributed by atoms with Gasteiger partial charge in [-0.1, -0.05) is 44.9 Å². The Kier molecular flexibility index (Phi) is 9.95. The molecule has 0 bridgehead atoms. The number of halogens is 1. The summed E-state index contributed by atoms with van der Waals surface area (Å²) in [7, 11) is 0. The highest BCUT2D eigenvalue weighted by Gasteiger charge is 2.31. The third kappa shape index (κ3) is 6.93. The van der Waals surface area contributed by atoms with Gasteiger partial charge in [0.15, 0.2) is 0 Å². The van der Waals surface area contributed by atoms with E-state index in [2.05, 4.69) is 20.8 Å². The second-order valence-corrected chi connectivity index (χ2v) is 9.36. The average molecular weight is 488 g/mol. The van der Waals surface area contributed by atoms with Gasteiger partial charge in [-0.3, -0.25) is 19.3 Å². The molecule has 10 nitrogen and oxygen atoms in total. The summed E-state index contributed by atoms with van der Waals surface area (Å²) in [6, 6.07) is -1.13. The van der Waals surface area contributed by atoms with Gasteiger partial charge in [-0.15, -0.1) is 22.6 Å². The molecule has 1 atom stereocenters. The lowest BCUT2D eigenvalue weighted by Crippen LogP contribution is -2.45. The van der Waals surface area contributed by atoms with Crippen molar-refractivity contribution in [1.29, 1.82) is 0 Å². The van der Waals surface area contributed by atoms with E-state index in [0.717, 1.165) is 48.8 Å². The number of carbonyl (C=O) groups is 4. The highest BCUT2D eigenvalue weighted by Crippen LogP contribution is 2.24. The summed E-state index contributed by atoms with van der Waals surface area (Å²) in [5.74, 6) is -0.392. The Labute approximate surface area is 197 Å². The van der Waals surface area contributed by atoms with E-state index in [1.807, 2.05) is 13.8 Å². The van der Waals surface area contributed by atoms with Crippen molar-refractivity contribution in [2.75, 3.05) is 18.8 Å². The van der Waals surface area contributed by atoms with Crippen molar-refractivity contribution in [2.45, 2.75) is 63.6 Å². The molecule has 2 fully saturated rings. The van der Waals surface area contributed by atoms with Crippen LogP contribution in [-0.2, 0) is 9.59 Å². The lowest BCUT2D eigenvalue weighted by atomic mass is 9.88. The molecule has 1 aliphatic heterocycles. The monoisotopic (exact) mass is 487 g/mol. The zero-order chi connectivity index (χ0) is 22.4. The molecule has 0 unspecified atom stereocenters. The molecule has 2 N–H and O–H groups in total. The van der Waals surface area contributed by atoms with Gasteiger partial charge in [0.25, 0.3) is 11.1 Å². The molecular formula is C20H30ClN5O5S.